The van der Waals surface area contributed by atoms with Crippen molar-refractivity contribution >= 4 is 6.29 Å². The van der Waals surface area contributed by atoms with E-state index < -0.39 is 0 Å². The van der Waals surface area contributed by atoms with E-state index in [9.17, 15) is 4.79 Å². The lowest BCUT2D eigenvalue weighted by molar-refractivity contribution is -0.0390. The second-order valence-corrected chi connectivity index (χ2v) is 3.30. The molecule has 0 aliphatic carbocycles. The quantitative estimate of drug-likeness (QED) is 0.392. The molecule has 0 aliphatic heterocycles. The molecule has 1 aromatic rings. The molecule has 0 atom stereocenters. The molecule has 0 radical (unpaired) electrons. The lowest BCUT2D eigenvalue weighted by Gasteiger charge is -2.09. The van der Waals surface area contributed by atoms with Crippen LogP contribution in [0.25, 0.3) is 0 Å². The van der Waals surface area contributed by atoms with Crippen LogP contribution < -0.4 is 4.74 Å². The molecule has 0 N–H and O–H groups in total. The summed E-state index contributed by atoms with van der Waals surface area (Å²) in [5.74, 6) is 0.498. The van der Waals surface area contributed by atoms with Crippen molar-refractivity contribution in [3.8, 4) is 5.75 Å². The number of carbonyl (C=O) groups is 1. The summed E-state index contributed by atoms with van der Waals surface area (Å²) in [6.45, 7) is 0.720. The molecule has 0 saturated heterocycles. The van der Waals surface area contributed by atoms with Gasteiger partial charge in [0.25, 0.3) is 0 Å². The maximum atomic E-state index is 10.9. The molecule has 0 aliphatic rings. The maximum Gasteiger partial charge on any atom is 0.188 e. The molecular formula is C12H16O5. The van der Waals surface area contributed by atoms with Gasteiger partial charge in [-0.15, -0.1) is 0 Å². The maximum absolute atomic E-state index is 10.9. The van der Waals surface area contributed by atoms with Gasteiger partial charge in [0.15, 0.2) is 13.1 Å². The molecule has 5 heteroatoms. The van der Waals surface area contributed by atoms with Gasteiger partial charge in [-0.25, -0.2) is 0 Å². The Bertz CT molecular complexity index is 351. The number of carbonyl (C=O) groups excluding carboxylic acids is 1. The first-order valence-corrected chi connectivity index (χ1v) is 5.08. The second-order valence-electron chi connectivity index (χ2n) is 3.30. The third-order valence-corrected chi connectivity index (χ3v) is 2.00. The lowest BCUT2D eigenvalue weighted by Crippen LogP contribution is -2.03. The normalized spacial score (nSPS) is 10.2. The van der Waals surface area contributed by atoms with Gasteiger partial charge in [-0.3, -0.25) is 4.79 Å². The lowest BCUT2D eigenvalue weighted by atomic mass is 10.1. The summed E-state index contributed by atoms with van der Waals surface area (Å²) in [5, 5.41) is 0. The number of aldehydes is 1. The molecule has 1 aromatic carbocycles. The Morgan fingerprint density at radius 2 is 1.94 bits per heavy atom. The molecule has 0 saturated carbocycles. The SMILES string of the molecule is COCOCc1ccc(OCOC)c(C=O)c1. The third kappa shape index (κ3) is 4.52. The van der Waals surface area contributed by atoms with E-state index in [0.717, 1.165) is 11.8 Å². The number of ether oxygens (including phenoxy) is 4. The van der Waals surface area contributed by atoms with Crippen LogP contribution in [0.5, 0.6) is 5.75 Å². The number of rotatable bonds is 8. The standard InChI is InChI=1S/C12H16O5/c1-14-8-16-7-10-3-4-12(17-9-15-2)11(5-10)6-13/h3-6H,7-9H2,1-2H3. The van der Waals surface area contributed by atoms with Crippen molar-refractivity contribution in [2.45, 2.75) is 6.61 Å². The highest BCUT2D eigenvalue weighted by atomic mass is 16.7. The van der Waals surface area contributed by atoms with Gasteiger partial charge in [0, 0.05) is 14.2 Å². The minimum Gasteiger partial charge on any atom is -0.467 e. The molecule has 0 spiro atoms. The second kappa shape index (κ2) is 7.78. The van der Waals surface area contributed by atoms with Gasteiger partial charge in [0.2, 0.25) is 0 Å². The van der Waals surface area contributed by atoms with E-state index in [1.807, 2.05) is 6.07 Å². The summed E-state index contributed by atoms with van der Waals surface area (Å²) in [6.07, 6.45) is 0.741. The summed E-state index contributed by atoms with van der Waals surface area (Å²) in [6, 6.07) is 5.26. The zero-order chi connectivity index (χ0) is 12.5. The molecule has 0 bridgehead atoms. The van der Waals surface area contributed by atoms with E-state index >= 15 is 0 Å². The summed E-state index contributed by atoms with van der Waals surface area (Å²) in [7, 11) is 3.08. The van der Waals surface area contributed by atoms with E-state index in [2.05, 4.69) is 0 Å². The largest absolute Gasteiger partial charge is 0.467 e. The summed E-state index contributed by atoms with van der Waals surface area (Å²) in [4.78, 5) is 10.9. The predicted molar refractivity (Wildman–Crippen MR) is 61.0 cm³/mol. The monoisotopic (exact) mass is 240 g/mol. The summed E-state index contributed by atoms with van der Waals surface area (Å²) in [5.41, 5.74) is 1.36. The van der Waals surface area contributed by atoms with Crippen LogP contribution in [0, 0.1) is 0 Å². The average Bonchev–Trinajstić information content (AvgIpc) is 2.37. The highest BCUT2D eigenvalue weighted by Gasteiger charge is 2.04. The van der Waals surface area contributed by atoms with Gasteiger partial charge in [-0.05, 0) is 17.7 Å². The van der Waals surface area contributed by atoms with E-state index in [4.69, 9.17) is 18.9 Å². The molecule has 0 aromatic heterocycles. The molecule has 0 amide bonds. The first kappa shape index (κ1) is 13.6. The van der Waals surface area contributed by atoms with Crippen molar-refractivity contribution in [2.75, 3.05) is 27.8 Å². The highest BCUT2D eigenvalue weighted by Crippen LogP contribution is 2.19. The molecular weight excluding hydrogens is 224 g/mol. The van der Waals surface area contributed by atoms with Crippen LogP contribution in [0.1, 0.15) is 15.9 Å². The summed E-state index contributed by atoms with van der Waals surface area (Å²) < 4.78 is 20.0. The van der Waals surface area contributed by atoms with Crippen molar-refractivity contribution in [2.24, 2.45) is 0 Å². The fraction of sp³-hybridized carbons (Fsp3) is 0.417. The topological polar surface area (TPSA) is 54.0 Å². The Morgan fingerprint density at radius 3 is 2.59 bits per heavy atom. The highest BCUT2D eigenvalue weighted by molar-refractivity contribution is 5.79. The minimum absolute atomic E-state index is 0.111. The van der Waals surface area contributed by atoms with Gasteiger partial charge >= 0.3 is 0 Å². The smallest absolute Gasteiger partial charge is 0.188 e. The minimum atomic E-state index is 0.111. The van der Waals surface area contributed by atoms with Crippen molar-refractivity contribution in [1.82, 2.24) is 0 Å². The van der Waals surface area contributed by atoms with E-state index in [1.54, 1.807) is 19.2 Å². The zero-order valence-corrected chi connectivity index (χ0v) is 9.97. The van der Waals surface area contributed by atoms with Crippen LogP contribution in [0.3, 0.4) is 0 Å². The van der Waals surface area contributed by atoms with E-state index in [0.29, 0.717) is 17.9 Å². The van der Waals surface area contributed by atoms with Gasteiger partial charge in [-0.1, -0.05) is 6.07 Å². The van der Waals surface area contributed by atoms with Crippen LogP contribution in [-0.2, 0) is 20.8 Å². The van der Waals surface area contributed by atoms with Crippen molar-refractivity contribution in [1.29, 1.82) is 0 Å². The van der Waals surface area contributed by atoms with Crippen molar-refractivity contribution in [3.63, 3.8) is 0 Å². The number of methoxy groups -OCH3 is 2. The van der Waals surface area contributed by atoms with Crippen LogP contribution in [0.2, 0.25) is 0 Å². The van der Waals surface area contributed by atoms with Crippen molar-refractivity contribution < 1.29 is 23.7 Å². The Kier molecular flexibility index (Phi) is 6.24. The fourth-order valence-corrected chi connectivity index (χ4v) is 1.28. The van der Waals surface area contributed by atoms with Crippen LogP contribution in [-0.4, -0.2) is 34.1 Å². The fourth-order valence-electron chi connectivity index (χ4n) is 1.28. The molecule has 0 unspecified atom stereocenters. The molecule has 0 heterocycles. The van der Waals surface area contributed by atoms with E-state index in [-0.39, 0.29) is 13.6 Å². The number of benzene rings is 1. The van der Waals surface area contributed by atoms with Crippen LogP contribution >= 0.6 is 0 Å². The molecule has 0 fully saturated rings. The van der Waals surface area contributed by atoms with Crippen LogP contribution in [0.4, 0.5) is 0 Å². The summed E-state index contributed by atoms with van der Waals surface area (Å²) >= 11 is 0. The Labute approximate surface area is 100 Å². The Hall–Kier alpha value is -1.43. The molecule has 94 valence electrons. The predicted octanol–water partition coefficient (Wildman–Crippen LogP) is 1.60. The Morgan fingerprint density at radius 1 is 1.18 bits per heavy atom. The van der Waals surface area contributed by atoms with E-state index in [1.165, 1.54) is 7.11 Å². The third-order valence-electron chi connectivity index (χ3n) is 2.00. The zero-order valence-electron chi connectivity index (χ0n) is 9.97. The first-order valence-electron chi connectivity index (χ1n) is 5.08. The van der Waals surface area contributed by atoms with Gasteiger partial charge < -0.3 is 18.9 Å². The van der Waals surface area contributed by atoms with Gasteiger partial charge in [0.1, 0.15) is 12.5 Å². The first-order chi connectivity index (χ1) is 8.31. The molecule has 5 nitrogen and oxygen atoms in total. The van der Waals surface area contributed by atoms with Crippen LogP contribution in [0.15, 0.2) is 18.2 Å². The number of hydrogen-bond acceptors (Lipinski definition) is 5. The van der Waals surface area contributed by atoms with Gasteiger partial charge in [0.05, 0.1) is 12.2 Å². The molecule has 17 heavy (non-hydrogen) atoms. The Balaban J connectivity index is 2.66. The average molecular weight is 240 g/mol. The van der Waals surface area contributed by atoms with Gasteiger partial charge in [-0.2, -0.15) is 0 Å². The number of hydrogen-bond donors (Lipinski definition) is 0. The van der Waals surface area contributed by atoms with Crippen molar-refractivity contribution in [3.05, 3.63) is 29.3 Å². The molecule has 1 rings (SSSR count).